The number of halogens is 4. The topological polar surface area (TPSA) is 43.4 Å². The van der Waals surface area contributed by atoms with Gasteiger partial charge in [-0.15, -0.1) is 0 Å². The Kier molecular flexibility index (Phi) is 7.57. The maximum Gasteiger partial charge on any atom is 0.430 e. The molecule has 1 aromatic carbocycles. The highest BCUT2D eigenvalue weighted by Gasteiger charge is 2.31. The summed E-state index contributed by atoms with van der Waals surface area (Å²) in [4.78, 5) is 8.78. The van der Waals surface area contributed by atoms with E-state index in [2.05, 4.69) is 49.7 Å². The van der Waals surface area contributed by atoms with Gasteiger partial charge in [-0.2, -0.15) is 17.5 Å². The van der Waals surface area contributed by atoms with Crippen molar-refractivity contribution in [2.75, 3.05) is 16.8 Å². The summed E-state index contributed by atoms with van der Waals surface area (Å²) in [6.07, 6.45) is -0.723. The number of alkyl halides is 3. The van der Waals surface area contributed by atoms with Crippen LogP contribution in [0.1, 0.15) is 20.8 Å². The molecular formula is C14H19ClF3NO2S. The number of benzene rings is 1. The molecule has 0 saturated heterocycles. The second-order valence-electron chi connectivity index (χ2n) is 5.50. The number of hydrogen-bond acceptors (Lipinski definition) is 3. The van der Waals surface area contributed by atoms with Crippen molar-refractivity contribution in [1.29, 1.82) is 0 Å². The van der Waals surface area contributed by atoms with E-state index in [0.717, 1.165) is 5.02 Å². The van der Waals surface area contributed by atoms with E-state index >= 15 is 0 Å². The molecule has 0 fully saturated rings. The van der Waals surface area contributed by atoms with Crippen molar-refractivity contribution in [1.82, 2.24) is 0 Å². The van der Waals surface area contributed by atoms with E-state index in [1.807, 2.05) is 12.1 Å². The third kappa shape index (κ3) is 7.26. The molecule has 0 aliphatic carbocycles. The Balaban J connectivity index is 0.000000534. The van der Waals surface area contributed by atoms with Gasteiger partial charge in [-0.05, 0) is 45.0 Å². The molecule has 0 unspecified atom stereocenters. The van der Waals surface area contributed by atoms with Crippen LogP contribution in [0.5, 0.6) is 0 Å². The Bertz CT molecular complexity index is 484. The first-order valence-electron chi connectivity index (χ1n) is 6.18. The van der Waals surface area contributed by atoms with E-state index in [0.29, 0.717) is 0 Å². The molecule has 0 amide bonds. The fourth-order valence-electron chi connectivity index (χ4n) is 1.72. The molecule has 0 atom stereocenters. The Morgan fingerprint density at radius 3 is 1.73 bits per heavy atom. The first kappa shape index (κ1) is 20.9. The summed E-state index contributed by atoms with van der Waals surface area (Å²) >= 11 is 6.10. The second kappa shape index (κ2) is 7.97. The number of rotatable bonds is 2. The molecule has 0 heterocycles. The number of anilines is 1. The van der Waals surface area contributed by atoms with E-state index in [9.17, 15) is 13.2 Å². The summed E-state index contributed by atoms with van der Waals surface area (Å²) in [6, 6.07) is 8.06. The fourth-order valence-corrected chi connectivity index (χ4v) is 3.49. The molecule has 126 valence electrons. The van der Waals surface area contributed by atoms with Crippen molar-refractivity contribution >= 4 is 34.3 Å². The fraction of sp³-hybridized carbons (Fsp3) is 0.500. The first-order valence-corrected chi connectivity index (χ1v) is 8.56. The van der Waals surface area contributed by atoms with Gasteiger partial charge in [-0.25, -0.2) is 0 Å². The lowest BCUT2D eigenvalue weighted by Gasteiger charge is -2.32. The zero-order valence-electron chi connectivity index (χ0n) is 13.0. The van der Waals surface area contributed by atoms with Gasteiger partial charge in [0.2, 0.25) is 0 Å². The minimum atomic E-state index is -5.19. The molecular weight excluding hydrogens is 339 g/mol. The van der Waals surface area contributed by atoms with Gasteiger partial charge in [0.25, 0.3) is 0 Å². The molecule has 8 heteroatoms. The normalized spacial score (nSPS) is 11.7. The van der Waals surface area contributed by atoms with Gasteiger partial charge >= 0.3 is 6.18 Å². The van der Waals surface area contributed by atoms with Crippen LogP contribution in [-0.2, 0) is 15.9 Å². The van der Waals surface area contributed by atoms with Gasteiger partial charge in [-0.1, -0.05) is 11.6 Å². The Morgan fingerprint density at radius 2 is 1.50 bits per heavy atom. The number of carboxylic acid groups (broad SMARTS) is 1. The number of aliphatic carboxylic acids is 1. The van der Waals surface area contributed by atoms with Gasteiger partial charge in [0.05, 0.1) is 22.3 Å². The third-order valence-electron chi connectivity index (χ3n) is 2.27. The molecule has 0 aromatic heterocycles. The van der Waals surface area contributed by atoms with Gasteiger partial charge in [0, 0.05) is 5.02 Å². The number of carboxylic acids is 1. The summed E-state index contributed by atoms with van der Waals surface area (Å²) in [6.45, 7) is 6.69. The highest BCUT2D eigenvalue weighted by Crippen LogP contribution is 2.27. The van der Waals surface area contributed by atoms with E-state index in [1.54, 1.807) is 0 Å². The summed E-state index contributed by atoms with van der Waals surface area (Å²) < 4.78 is 34.0. The SMILES string of the molecule is C[S+](C)N(c1ccc(Cl)cc1)C(C)(C)C.O=C([O-])C(F)(F)F. The average Bonchev–Trinajstić information content (AvgIpc) is 2.29. The Labute approximate surface area is 136 Å². The van der Waals surface area contributed by atoms with Crippen LogP contribution in [0.2, 0.25) is 5.02 Å². The highest BCUT2D eigenvalue weighted by atomic mass is 35.5. The van der Waals surface area contributed by atoms with Gasteiger partial charge in [-0.3, -0.25) is 0 Å². The van der Waals surface area contributed by atoms with Crippen LogP contribution in [0.4, 0.5) is 18.9 Å². The lowest BCUT2D eigenvalue weighted by Crippen LogP contribution is -2.44. The van der Waals surface area contributed by atoms with Crippen LogP contribution in [0.25, 0.3) is 0 Å². The standard InChI is InChI=1S/C12H19ClNS.C2HF3O2/c1-12(2,3)14(15(4)5)11-8-6-10(13)7-9-11;3-2(4,5)1(6)7/h6-9H,1-5H3;(H,6,7)/q+1;/p-1. The van der Waals surface area contributed by atoms with Gasteiger partial charge in [0.1, 0.15) is 18.5 Å². The van der Waals surface area contributed by atoms with Crippen molar-refractivity contribution in [3.63, 3.8) is 0 Å². The predicted octanol–water partition coefficient (Wildman–Crippen LogP) is 3.04. The Hall–Kier alpha value is -1.08. The van der Waals surface area contributed by atoms with Crippen LogP contribution in [-0.4, -0.2) is 30.2 Å². The molecule has 0 spiro atoms. The first-order chi connectivity index (χ1) is 9.76. The lowest BCUT2D eigenvalue weighted by atomic mass is 10.1. The van der Waals surface area contributed by atoms with E-state index in [-0.39, 0.29) is 16.6 Å². The van der Waals surface area contributed by atoms with Crippen LogP contribution >= 0.6 is 11.6 Å². The number of carbonyl (C=O) groups is 1. The van der Waals surface area contributed by atoms with Gasteiger partial charge < -0.3 is 9.90 Å². The average molecular weight is 358 g/mol. The van der Waals surface area contributed by atoms with Crippen molar-refractivity contribution in [3.8, 4) is 0 Å². The maximum absolute atomic E-state index is 10.5. The smallest absolute Gasteiger partial charge is 0.430 e. The molecule has 1 rings (SSSR count). The Morgan fingerprint density at radius 1 is 1.14 bits per heavy atom. The third-order valence-corrected chi connectivity index (χ3v) is 4.01. The molecule has 22 heavy (non-hydrogen) atoms. The minimum Gasteiger partial charge on any atom is -0.542 e. The van der Waals surface area contributed by atoms with Gasteiger partial charge in [0.15, 0.2) is 0 Å². The summed E-state index contributed by atoms with van der Waals surface area (Å²) in [7, 11) is 0. The number of nitrogens with zero attached hydrogens (tertiary/aromatic N) is 1. The summed E-state index contributed by atoms with van der Waals surface area (Å²) in [5.41, 5.74) is 1.38. The lowest BCUT2D eigenvalue weighted by molar-refractivity contribution is -0.344. The molecule has 0 saturated carbocycles. The summed E-state index contributed by atoms with van der Waals surface area (Å²) in [5, 5.41) is 9.58. The van der Waals surface area contributed by atoms with E-state index in [4.69, 9.17) is 21.5 Å². The molecule has 0 aliphatic rings. The molecule has 1 aromatic rings. The quantitative estimate of drug-likeness (QED) is 0.764. The van der Waals surface area contributed by atoms with E-state index < -0.39 is 12.1 Å². The van der Waals surface area contributed by atoms with Crippen molar-refractivity contribution in [3.05, 3.63) is 29.3 Å². The molecule has 0 bridgehead atoms. The van der Waals surface area contributed by atoms with Crippen molar-refractivity contribution in [2.45, 2.75) is 32.5 Å². The second-order valence-corrected chi connectivity index (χ2v) is 7.85. The zero-order chi connectivity index (χ0) is 17.7. The molecule has 0 N–H and O–H groups in total. The van der Waals surface area contributed by atoms with Crippen LogP contribution in [0.3, 0.4) is 0 Å². The van der Waals surface area contributed by atoms with Crippen LogP contribution < -0.4 is 9.41 Å². The predicted molar refractivity (Wildman–Crippen MR) is 84.0 cm³/mol. The van der Waals surface area contributed by atoms with E-state index in [1.165, 1.54) is 5.69 Å². The minimum absolute atomic E-state index is 0.139. The molecule has 3 nitrogen and oxygen atoms in total. The molecule has 0 radical (unpaired) electrons. The van der Waals surface area contributed by atoms with Crippen molar-refractivity contribution < 1.29 is 23.1 Å². The largest absolute Gasteiger partial charge is 0.542 e. The summed E-state index contributed by atoms with van der Waals surface area (Å²) in [5.74, 6) is -3.01. The number of hydrogen-bond donors (Lipinski definition) is 0. The monoisotopic (exact) mass is 357 g/mol. The maximum atomic E-state index is 10.5. The zero-order valence-corrected chi connectivity index (χ0v) is 14.6. The van der Waals surface area contributed by atoms with Crippen LogP contribution in [0, 0.1) is 0 Å². The van der Waals surface area contributed by atoms with Crippen molar-refractivity contribution in [2.24, 2.45) is 0 Å². The van der Waals surface area contributed by atoms with Crippen LogP contribution in [0.15, 0.2) is 24.3 Å². The molecule has 0 aliphatic heterocycles. The number of carbonyl (C=O) groups excluding carboxylic acids is 1. The highest BCUT2D eigenvalue weighted by molar-refractivity contribution is 7.96.